The van der Waals surface area contributed by atoms with E-state index in [9.17, 15) is 9.59 Å². The number of phenolic OH excluding ortho intramolecular Hbond substituents is 1. The molecule has 0 aliphatic rings. The fourth-order valence-electron chi connectivity index (χ4n) is 1.68. The minimum Gasteiger partial charge on any atom is -0.508 e. The van der Waals surface area contributed by atoms with Crippen molar-refractivity contribution in [1.82, 2.24) is 10.3 Å². The van der Waals surface area contributed by atoms with Gasteiger partial charge in [-0.3, -0.25) is 9.59 Å². The van der Waals surface area contributed by atoms with Crippen LogP contribution in [0.2, 0.25) is 0 Å². The number of nitrogens with one attached hydrogen (secondary N) is 2. The number of hydrogen-bond acceptors (Lipinski definition) is 4. The fourth-order valence-corrected chi connectivity index (χ4v) is 2.44. The Hall–Kier alpha value is -2.08. The topological polar surface area (TPSA) is 82.2 Å². The predicted molar refractivity (Wildman–Crippen MR) is 73.8 cm³/mol. The number of amides is 1. The molecule has 0 saturated carbocycles. The van der Waals surface area contributed by atoms with Crippen LogP contribution in [0.1, 0.15) is 20.9 Å². The molecule has 2 rings (SSSR count). The number of benzene rings is 1. The molecular formula is C13H14N2O3S. The second-order valence-electron chi connectivity index (χ2n) is 4.14. The number of H-pyrrole nitrogens is 1. The summed E-state index contributed by atoms with van der Waals surface area (Å²) in [5.74, 6) is -0.0138. The third-order valence-electron chi connectivity index (χ3n) is 2.67. The van der Waals surface area contributed by atoms with Crippen molar-refractivity contribution in [2.45, 2.75) is 13.3 Å². The van der Waals surface area contributed by atoms with E-state index in [-0.39, 0.29) is 16.5 Å². The third kappa shape index (κ3) is 3.45. The summed E-state index contributed by atoms with van der Waals surface area (Å²) < 4.78 is 0. The summed E-state index contributed by atoms with van der Waals surface area (Å²) in [7, 11) is 0. The molecule has 5 nitrogen and oxygen atoms in total. The molecular weight excluding hydrogens is 264 g/mol. The molecule has 19 heavy (non-hydrogen) atoms. The lowest BCUT2D eigenvalue weighted by atomic mass is 10.1. The van der Waals surface area contributed by atoms with E-state index < -0.39 is 0 Å². The first kappa shape index (κ1) is 13.4. The number of carbonyl (C=O) groups excluding carboxylic acids is 1. The summed E-state index contributed by atoms with van der Waals surface area (Å²) in [4.78, 5) is 25.7. The largest absolute Gasteiger partial charge is 0.508 e. The van der Waals surface area contributed by atoms with E-state index in [2.05, 4.69) is 10.3 Å². The maximum atomic E-state index is 11.8. The number of aromatic hydroxyl groups is 1. The Kier molecular flexibility index (Phi) is 4.01. The van der Waals surface area contributed by atoms with Gasteiger partial charge in [-0.15, -0.1) is 0 Å². The standard InChI is InChI=1S/C13H14N2O3S/c1-8-11(19-13(18)15-8)12(17)14-7-6-9-2-4-10(16)5-3-9/h2-5,16H,6-7H2,1H3,(H,14,17)(H,15,18). The summed E-state index contributed by atoms with van der Waals surface area (Å²) in [5.41, 5.74) is 1.62. The van der Waals surface area contributed by atoms with Crippen LogP contribution in [0.4, 0.5) is 0 Å². The van der Waals surface area contributed by atoms with Gasteiger partial charge in [0.25, 0.3) is 5.91 Å². The van der Waals surface area contributed by atoms with E-state index in [0.717, 1.165) is 16.9 Å². The van der Waals surface area contributed by atoms with E-state index in [1.54, 1.807) is 31.2 Å². The maximum absolute atomic E-state index is 11.8. The summed E-state index contributed by atoms with van der Waals surface area (Å²) >= 11 is 0.914. The van der Waals surface area contributed by atoms with Crippen molar-refractivity contribution in [3.8, 4) is 5.75 Å². The molecule has 0 saturated heterocycles. The molecule has 0 aliphatic carbocycles. The monoisotopic (exact) mass is 278 g/mol. The van der Waals surface area contributed by atoms with Crippen molar-refractivity contribution < 1.29 is 9.90 Å². The van der Waals surface area contributed by atoms with Crippen molar-refractivity contribution >= 4 is 17.2 Å². The minimum absolute atomic E-state index is 0.221. The number of hydrogen-bond donors (Lipinski definition) is 3. The van der Waals surface area contributed by atoms with Crippen LogP contribution in [0.5, 0.6) is 5.75 Å². The van der Waals surface area contributed by atoms with Gasteiger partial charge in [-0.2, -0.15) is 0 Å². The van der Waals surface area contributed by atoms with Crippen LogP contribution >= 0.6 is 11.3 Å². The molecule has 0 bridgehead atoms. The molecule has 2 aromatic rings. The molecule has 1 aromatic heterocycles. The van der Waals surface area contributed by atoms with E-state index in [1.807, 2.05) is 0 Å². The van der Waals surface area contributed by atoms with E-state index in [1.165, 1.54) is 0 Å². The van der Waals surface area contributed by atoms with E-state index in [4.69, 9.17) is 5.11 Å². The fraction of sp³-hybridized carbons (Fsp3) is 0.231. The third-order valence-corrected chi connectivity index (χ3v) is 3.65. The zero-order chi connectivity index (χ0) is 13.8. The highest BCUT2D eigenvalue weighted by atomic mass is 32.1. The molecule has 0 fully saturated rings. The second kappa shape index (κ2) is 5.71. The highest BCUT2D eigenvalue weighted by molar-refractivity contribution is 7.11. The lowest BCUT2D eigenvalue weighted by molar-refractivity contribution is 0.0957. The average Bonchev–Trinajstić information content (AvgIpc) is 2.71. The normalized spacial score (nSPS) is 10.4. The maximum Gasteiger partial charge on any atom is 0.305 e. The summed E-state index contributed by atoms with van der Waals surface area (Å²) in [5, 5.41) is 11.9. The van der Waals surface area contributed by atoms with Gasteiger partial charge < -0.3 is 15.4 Å². The molecule has 0 spiro atoms. The first-order chi connectivity index (χ1) is 9.06. The first-order valence-corrected chi connectivity index (χ1v) is 6.64. The van der Waals surface area contributed by atoms with Gasteiger partial charge in [0.05, 0.1) is 0 Å². The number of carbonyl (C=O) groups is 1. The highest BCUT2D eigenvalue weighted by Gasteiger charge is 2.12. The summed E-state index contributed by atoms with van der Waals surface area (Å²) in [6.45, 7) is 2.18. The van der Waals surface area contributed by atoms with Gasteiger partial charge in [0.15, 0.2) is 0 Å². The molecule has 6 heteroatoms. The molecule has 0 atom stereocenters. The van der Waals surface area contributed by atoms with Crippen LogP contribution in [-0.4, -0.2) is 22.5 Å². The van der Waals surface area contributed by atoms with Crippen LogP contribution in [0.15, 0.2) is 29.1 Å². The number of aromatic nitrogens is 1. The van der Waals surface area contributed by atoms with Gasteiger partial charge in [0, 0.05) is 12.2 Å². The number of aryl methyl sites for hydroxylation is 1. The molecule has 0 radical (unpaired) electrons. The first-order valence-electron chi connectivity index (χ1n) is 5.82. The molecule has 0 aliphatic heterocycles. The van der Waals surface area contributed by atoms with E-state index in [0.29, 0.717) is 23.5 Å². The van der Waals surface area contributed by atoms with Crippen LogP contribution in [0.3, 0.4) is 0 Å². The van der Waals surface area contributed by atoms with Gasteiger partial charge in [-0.1, -0.05) is 23.5 Å². The number of aromatic amines is 1. The second-order valence-corrected chi connectivity index (χ2v) is 5.12. The molecule has 3 N–H and O–H groups in total. The SMILES string of the molecule is Cc1[nH]c(=O)sc1C(=O)NCCc1ccc(O)cc1. The van der Waals surface area contributed by atoms with Crippen molar-refractivity contribution in [3.63, 3.8) is 0 Å². The highest BCUT2D eigenvalue weighted by Crippen LogP contribution is 2.10. The Morgan fingerprint density at radius 1 is 1.37 bits per heavy atom. The molecule has 0 unspecified atom stereocenters. The van der Waals surface area contributed by atoms with Crippen LogP contribution in [0, 0.1) is 6.92 Å². The Morgan fingerprint density at radius 2 is 2.05 bits per heavy atom. The average molecular weight is 278 g/mol. The Morgan fingerprint density at radius 3 is 2.63 bits per heavy atom. The van der Waals surface area contributed by atoms with Gasteiger partial charge in [-0.25, -0.2) is 0 Å². The molecule has 1 heterocycles. The molecule has 100 valence electrons. The van der Waals surface area contributed by atoms with Gasteiger partial charge in [-0.05, 0) is 31.0 Å². The van der Waals surface area contributed by atoms with Crippen LogP contribution < -0.4 is 10.2 Å². The number of rotatable bonds is 4. The quantitative estimate of drug-likeness (QED) is 0.791. The van der Waals surface area contributed by atoms with E-state index >= 15 is 0 Å². The van der Waals surface area contributed by atoms with Crippen molar-refractivity contribution in [1.29, 1.82) is 0 Å². The van der Waals surface area contributed by atoms with Crippen LogP contribution in [0.25, 0.3) is 0 Å². The minimum atomic E-state index is -0.236. The zero-order valence-electron chi connectivity index (χ0n) is 10.4. The lowest BCUT2D eigenvalue weighted by Gasteiger charge is -2.04. The van der Waals surface area contributed by atoms with Crippen molar-refractivity contribution in [3.05, 3.63) is 50.1 Å². The number of thiazole rings is 1. The van der Waals surface area contributed by atoms with Crippen molar-refractivity contribution in [2.75, 3.05) is 6.54 Å². The smallest absolute Gasteiger partial charge is 0.305 e. The predicted octanol–water partition coefficient (Wildman–Crippen LogP) is 1.42. The number of phenols is 1. The lowest BCUT2D eigenvalue weighted by Crippen LogP contribution is -2.25. The Labute approximate surface area is 113 Å². The Bertz CT molecular complexity index is 628. The summed E-state index contributed by atoms with van der Waals surface area (Å²) in [6.07, 6.45) is 0.671. The molecule has 1 aromatic carbocycles. The van der Waals surface area contributed by atoms with Gasteiger partial charge in [0.1, 0.15) is 10.6 Å². The Balaban J connectivity index is 1.89. The van der Waals surface area contributed by atoms with Crippen LogP contribution in [-0.2, 0) is 6.42 Å². The molecule has 1 amide bonds. The van der Waals surface area contributed by atoms with Gasteiger partial charge >= 0.3 is 4.87 Å². The zero-order valence-corrected chi connectivity index (χ0v) is 11.2. The summed E-state index contributed by atoms with van der Waals surface area (Å²) in [6, 6.07) is 6.83. The van der Waals surface area contributed by atoms with Gasteiger partial charge in [0.2, 0.25) is 0 Å². The van der Waals surface area contributed by atoms with Crippen molar-refractivity contribution in [2.24, 2.45) is 0 Å².